The topological polar surface area (TPSA) is 171 Å². The number of thioether (sulfide) groups is 1. The largest absolute Gasteiger partial charge is 0.477 e. The molecule has 4 rings (SSSR count). The maximum Gasteiger partial charge on any atom is 0.353 e. The van der Waals surface area contributed by atoms with Crippen molar-refractivity contribution in [1.82, 2.24) is 20.2 Å². The maximum atomic E-state index is 12.7. The van der Waals surface area contributed by atoms with Crippen LogP contribution in [0.5, 0.6) is 0 Å². The lowest BCUT2D eigenvalue weighted by molar-refractivity contribution is -0.155. The van der Waals surface area contributed by atoms with Crippen molar-refractivity contribution >= 4 is 74.7 Å². The average Bonchev–Trinajstić information content (AvgIpc) is 3.35. The second kappa shape index (κ2) is 8.45. The first kappa shape index (κ1) is 21.5. The Morgan fingerprint density at radius 3 is 2.81 bits per heavy atom. The molecule has 0 bridgehead atoms. The number of nitrogens with zero attached hydrogens (tertiary/aromatic N) is 4. The number of anilines is 1. The Kier molecular flexibility index (Phi) is 5.88. The quantitative estimate of drug-likeness (QED) is 0.199. The molecule has 0 spiro atoms. The first-order valence-corrected chi connectivity index (χ1v) is 11.6. The molecule has 31 heavy (non-hydrogen) atoms. The zero-order valence-electron chi connectivity index (χ0n) is 15.3. The van der Waals surface area contributed by atoms with Crippen LogP contribution >= 0.6 is 46.0 Å². The van der Waals surface area contributed by atoms with Gasteiger partial charge in [-0.2, -0.15) is 0 Å². The van der Waals surface area contributed by atoms with Crippen LogP contribution in [0.2, 0.25) is 4.34 Å². The van der Waals surface area contributed by atoms with E-state index in [4.69, 9.17) is 17.3 Å². The van der Waals surface area contributed by atoms with Crippen molar-refractivity contribution in [1.29, 1.82) is 0 Å². The molecule has 15 heteroatoms. The van der Waals surface area contributed by atoms with Gasteiger partial charge in [0, 0.05) is 10.3 Å². The molecule has 2 aliphatic rings. The summed E-state index contributed by atoms with van der Waals surface area (Å²) < 4.78 is 0.0551. The predicted octanol–water partition coefficient (Wildman–Crippen LogP) is 1.59. The van der Waals surface area contributed by atoms with E-state index in [-0.39, 0.29) is 20.9 Å². The minimum absolute atomic E-state index is 0.0551. The van der Waals surface area contributed by atoms with Crippen LogP contribution < -0.4 is 11.1 Å². The van der Waals surface area contributed by atoms with Gasteiger partial charge in [0.15, 0.2) is 10.8 Å². The van der Waals surface area contributed by atoms with Crippen LogP contribution in [0.1, 0.15) is 18.5 Å². The normalized spacial score (nSPS) is 21.0. The fourth-order valence-electron chi connectivity index (χ4n) is 3.38. The number of carbonyl (C=O) groups is 3. The van der Waals surface area contributed by atoms with E-state index in [1.165, 1.54) is 28.0 Å². The van der Waals surface area contributed by atoms with Gasteiger partial charge in [-0.05, 0) is 12.8 Å². The Balaban J connectivity index is 1.53. The van der Waals surface area contributed by atoms with E-state index < -0.39 is 35.6 Å². The van der Waals surface area contributed by atoms with Crippen LogP contribution in [0, 0.1) is 0 Å². The zero-order valence-corrected chi connectivity index (χ0v) is 18.5. The summed E-state index contributed by atoms with van der Waals surface area (Å²) in [5, 5.41) is 26.9. The second-order valence-electron chi connectivity index (χ2n) is 6.39. The molecule has 0 radical (unpaired) electrons. The van der Waals surface area contributed by atoms with Gasteiger partial charge in [-0.25, -0.2) is 14.8 Å². The lowest BCUT2D eigenvalue weighted by Gasteiger charge is -2.50. The van der Waals surface area contributed by atoms with Gasteiger partial charge in [-0.1, -0.05) is 39.9 Å². The number of oxime groups is 1. The van der Waals surface area contributed by atoms with Crippen molar-refractivity contribution in [2.45, 2.75) is 30.0 Å². The van der Waals surface area contributed by atoms with Crippen molar-refractivity contribution in [2.24, 2.45) is 5.16 Å². The number of carbonyl (C=O) groups excluding carboxylic acids is 2. The lowest BCUT2D eigenvalue weighted by atomic mass is 9.86. The third kappa shape index (κ3) is 3.86. The number of fused-ring (bicyclic) bond motifs is 1. The fourth-order valence-corrected chi connectivity index (χ4v) is 6.01. The van der Waals surface area contributed by atoms with E-state index in [1.807, 2.05) is 0 Å². The number of aromatic nitrogens is 2. The molecular weight excluding hydrogens is 488 g/mol. The molecule has 11 nitrogen and oxygen atoms in total. The number of nitrogen functional groups attached to an aromatic ring is 1. The number of nitrogens with two attached hydrogens (primary N) is 1. The summed E-state index contributed by atoms with van der Waals surface area (Å²) in [5.41, 5.74) is 6.48. The van der Waals surface area contributed by atoms with Crippen molar-refractivity contribution in [2.75, 3.05) is 5.73 Å². The number of aliphatic carboxylic acids is 1. The van der Waals surface area contributed by atoms with Crippen LogP contribution in [0.25, 0.3) is 0 Å². The molecule has 0 aliphatic carbocycles. The molecule has 2 aromatic rings. The number of hydrogen-bond donors (Lipinski definition) is 4. The van der Waals surface area contributed by atoms with Crippen molar-refractivity contribution in [3.8, 4) is 0 Å². The van der Waals surface area contributed by atoms with Crippen LogP contribution in [-0.4, -0.2) is 60.8 Å². The summed E-state index contributed by atoms with van der Waals surface area (Å²) in [6.07, 6.45) is 0.843. The van der Waals surface area contributed by atoms with Crippen molar-refractivity contribution < 1.29 is 24.7 Å². The lowest BCUT2D eigenvalue weighted by Crippen LogP contribution is -2.72. The van der Waals surface area contributed by atoms with Gasteiger partial charge in [0.05, 0.1) is 11.6 Å². The van der Waals surface area contributed by atoms with E-state index >= 15 is 0 Å². The maximum absolute atomic E-state index is 12.7. The molecule has 5 N–H and O–H groups in total. The zero-order chi connectivity index (χ0) is 22.3. The average molecular weight is 501 g/mol. The number of β-lactam (4-membered cyclic amide) rings is 1. The molecular formula is C16H13ClN6O5S3. The third-order valence-electron chi connectivity index (χ3n) is 4.66. The number of nitrogens with one attached hydrogen (secondary N) is 1. The van der Waals surface area contributed by atoms with Gasteiger partial charge < -0.3 is 21.4 Å². The highest BCUT2D eigenvalue weighted by Crippen LogP contribution is 2.43. The minimum atomic E-state index is -1.23. The number of halogens is 1. The van der Waals surface area contributed by atoms with Crippen LogP contribution in [0.4, 0.5) is 5.13 Å². The van der Waals surface area contributed by atoms with Gasteiger partial charge in [-0.15, -0.1) is 11.3 Å². The third-order valence-corrected chi connectivity index (χ3v) is 7.56. The molecule has 1 fully saturated rings. The number of amides is 2. The van der Waals surface area contributed by atoms with Crippen molar-refractivity contribution in [3.63, 3.8) is 0 Å². The van der Waals surface area contributed by atoms with Crippen LogP contribution in [0.3, 0.4) is 0 Å². The van der Waals surface area contributed by atoms with Gasteiger partial charge in [0.2, 0.25) is 0 Å². The summed E-state index contributed by atoms with van der Waals surface area (Å²) in [6, 6.07) is -1.52. The van der Waals surface area contributed by atoms with Gasteiger partial charge in [0.25, 0.3) is 11.8 Å². The van der Waals surface area contributed by atoms with Gasteiger partial charge >= 0.3 is 5.97 Å². The molecule has 0 aromatic carbocycles. The van der Waals surface area contributed by atoms with E-state index in [0.717, 1.165) is 11.3 Å². The van der Waals surface area contributed by atoms with Gasteiger partial charge in [0.1, 0.15) is 26.8 Å². The van der Waals surface area contributed by atoms with E-state index in [1.54, 1.807) is 10.9 Å². The SMILES string of the molecule is Nc1nc(C(=NO)C(=O)NC2C(=O)N3C(C(=O)O)=C(Sc4cscn4)CCC23)c(Cl)s1. The molecule has 4 heterocycles. The number of carboxylic acids is 1. The molecule has 162 valence electrons. The summed E-state index contributed by atoms with van der Waals surface area (Å²) >= 11 is 9.45. The molecule has 2 amide bonds. The molecule has 2 aliphatic heterocycles. The summed E-state index contributed by atoms with van der Waals surface area (Å²) in [7, 11) is 0. The van der Waals surface area contributed by atoms with E-state index in [2.05, 4.69) is 20.4 Å². The standard InChI is InChI=1S/C16H13ClN6O5S3/c17-12-9(21-16(18)31-12)10(22-28)13(24)20-8-5-1-2-6(30-7-3-29-4-19-7)11(15(26)27)23(5)14(8)25/h3-5,8,28H,1-2H2,(H2,18,21)(H,20,24)(H,26,27). The molecule has 2 unspecified atom stereocenters. The van der Waals surface area contributed by atoms with Crippen molar-refractivity contribution in [3.05, 3.63) is 31.5 Å². The summed E-state index contributed by atoms with van der Waals surface area (Å²) in [4.78, 5) is 46.9. The Morgan fingerprint density at radius 2 is 2.23 bits per heavy atom. The smallest absolute Gasteiger partial charge is 0.353 e. The predicted molar refractivity (Wildman–Crippen MR) is 114 cm³/mol. The fraction of sp³-hybridized carbons (Fsp3) is 0.250. The summed E-state index contributed by atoms with van der Waals surface area (Å²) in [6.45, 7) is 0. The Hall–Kier alpha value is -2.68. The minimum Gasteiger partial charge on any atom is -0.477 e. The first-order chi connectivity index (χ1) is 14.8. The molecule has 2 aromatic heterocycles. The number of carboxylic acid groups (broad SMARTS) is 1. The Bertz CT molecular complexity index is 1130. The van der Waals surface area contributed by atoms with Crippen LogP contribution in [-0.2, 0) is 14.4 Å². The number of hydrogen-bond acceptors (Lipinski definition) is 11. The highest BCUT2D eigenvalue weighted by Gasteiger charge is 2.54. The van der Waals surface area contributed by atoms with E-state index in [9.17, 15) is 24.7 Å². The molecule has 2 atom stereocenters. The number of rotatable bonds is 6. The number of thiazole rings is 2. The monoisotopic (exact) mass is 500 g/mol. The highest BCUT2D eigenvalue weighted by atomic mass is 35.5. The second-order valence-corrected chi connectivity index (χ2v) is 9.86. The first-order valence-electron chi connectivity index (χ1n) is 8.62. The number of allylic oxidation sites excluding steroid dienone is 1. The van der Waals surface area contributed by atoms with Gasteiger partial charge in [-0.3, -0.25) is 14.5 Å². The summed E-state index contributed by atoms with van der Waals surface area (Å²) in [5.74, 6) is -2.69. The highest BCUT2D eigenvalue weighted by molar-refractivity contribution is 8.03. The van der Waals surface area contributed by atoms with Crippen LogP contribution in [0.15, 0.2) is 31.7 Å². The Labute approximate surface area is 191 Å². The molecule has 1 saturated heterocycles. The van der Waals surface area contributed by atoms with E-state index in [0.29, 0.717) is 22.8 Å². The Morgan fingerprint density at radius 1 is 1.45 bits per heavy atom. The molecule has 0 saturated carbocycles.